The zero-order valence-corrected chi connectivity index (χ0v) is 32.8. The van der Waals surface area contributed by atoms with Crippen LogP contribution in [0.1, 0.15) is 41.7 Å². The first-order valence-electron chi connectivity index (χ1n) is 18.5. The number of nitrogens with zero attached hydrogens (tertiary/aromatic N) is 3. The predicted molar refractivity (Wildman–Crippen MR) is 222 cm³/mol. The van der Waals surface area contributed by atoms with Gasteiger partial charge in [-0.1, -0.05) is 80.6 Å². The predicted octanol–water partition coefficient (Wildman–Crippen LogP) is 9.54. The van der Waals surface area contributed by atoms with Crippen molar-refractivity contribution in [3.8, 4) is 51.5 Å². The van der Waals surface area contributed by atoms with Crippen molar-refractivity contribution in [3.63, 3.8) is 0 Å². The number of ether oxygens (including phenoxy) is 5. The third kappa shape index (κ3) is 5.58. The van der Waals surface area contributed by atoms with Crippen LogP contribution >= 0.6 is 11.8 Å². The Morgan fingerprint density at radius 3 is 1.96 bits per heavy atom. The Bertz CT molecular complexity index is 2450. The average molecular weight is 750 g/mol. The maximum Gasteiger partial charge on any atom is 0.220 e. The smallest absolute Gasteiger partial charge is 0.220 e. The Kier molecular flexibility index (Phi) is 8.65. The molecule has 0 N–H and O–H groups in total. The highest BCUT2D eigenvalue weighted by molar-refractivity contribution is 7.99. The molecule has 0 amide bonds. The summed E-state index contributed by atoms with van der Waals surface area (Å²) in [6, 6.07) is 31.8. The van der Waals surface area contributed by atoms with Crippen molar-refractivity contribution in [2.75, 3.05) is 57.9 Å². The van der Waals surface area contributed by atoms with Crippen molar-refractivity contribution in [2.45, 2.75) is 24.9 Å². The molecule has 0 bridgehead atoms. The van der Waals surface area contributed by atoms with E-state index >= 15 is 0 Å². The van der Waals surface area contributed by atoms with E-state index in [-0.39, 0.29) is 5.41 Å². The third-order valence-corrected chi connectivity index (χ3v) is 12.3. The van der Waals surface area contributed by atoms with E-state index in [1.54, 1.807) is 34.5 Å². The van der Waals surface area contributed by atoms with E-state index in [1.807, 2.05) is 23.9 Å². The molecule has 5 aromatic carbocycles. The average Bonchev–Trinajstić information content (AvgIpc) is 3.49. The first-order valence-corrected chi connectivity index (χ1v) is 19.7. The van der Waals surface area contributed by atoms with Crippen molar-refractivity contribution < 1.29 is 23.7 Å². The Labute approximate surface area is 326 Å². The molecule has 3 aliphatic rings. The molecule has 3 heterocycles. The van der Waals surface area contributed by atoms with Crippen LogP contribution in [0.3, 0.4) is 0 Å². The van der Waals surface area contributed by atoms with Crippen LogP contribution in [0.4, 0.5) is 5.69 Å². The van der Waals surface area contributed by atoms with Gasteiger partial charge in [0.2, 0.25) is 11.8 Å². The minimum Gasteiger partial charge on any atom is -0.493 e. The second-order valence-electron chi connectivity index (χ2n) is 14.6. The largest absolute Gasteiger partial charge is 0.493 e. The highest BCUT2D eigenvalue weighted by Crippen LogP contribution is 2.59. The number of thioether (sulfide) groups is 1. The molecule has 55 heavy (non-hydrogen) atoms. The topological polar surface area (TPSA) is 75.2 Å². The fourth-order valence-electron chi connectivity index (χ4n) is 8.60. The standard InChI is InChI=1S/C46H43N3O5S/c1-45(2)36-10-8-7-9-32(36)41-34-25-37(50-3)38(51-4)26-35(34)43-33(42(41)45)19-20-46(54-43,30-15-17-31(18-16-30)49-21-23-55-24-22-49)29-13-11-28(12-14-29)44-47-39(52-5)27-40(48-44)53-6/h7-20,25-27H,21-24H2,1-6H3. The fourth-order valence-corrected chi connectivity index (χ4v) is 9.51. The van der Waals surface area contributed by atoms with E-state index in [2.05, 4.69) is 114 Å². The summed E-state index contributed by atoms with van der Waals surface area (Å²) < 4.78 is 30.3. The molecule has 9 heteroatoms. The highest BCUT2D eigenvalue weighted by atomic mass is 32.2. The lowest BCUT2D eigenvalue weighted by molar-refractivity contribution is 0.163. The van der Waals surface area contributed by atoms with E-state index in [0.29, 0.717) is 29.1 Å². The SMILES string of the molecule is COc1cc(OC)nc(-c2ccc(C3(c4ccc(N5CCSCC5)cc4)C=Cc4c5c(c6cc(OC)c(OC)cc6c4O3)-c3ccccc3C5(C)C)cc2)n1. The third-order valence-electron chi connectivity index (χ3n) is 11.4. The normalized spacial score (nSPS) is 17.9. The first-order chi connectivity index (χ1) is 26.8. The Morgan fingerprint density at radius 1 is 0.709 bits per heavy atom. The van der Waals surface area contributed by atoms with Crippen molar-refractivity contribution in [2.24, 2.45) is 0 Å². The van der Waals surface area contributed by atoms with Gasteiger partial charge in [-0.2, -0.15) is 21.7 Å². The second kappa shape index (κ2) is 13.6. The van der Waals surface area contributed by atoms with Crippen molar-refractivity contribution in [1.82, 2.24) is 9.97 Å². The zero-order valence-electron chi connectivity index (χ0n) is 31.9. The molecule has 8 nitrogen and oxygen atoms in total. The molecule has 1 atom stereocenters. The molecule has 0 radical (unpaired) electrons. The van der Waals surface area contributed by atoms with Gasteiger partial charge in [0.1, 0.15) is 5.75 Å². The fraction of sp³-hybridized carbons (Fsp3) is 0.261. The van der Waals surface area contributed by atoms with E-state index < -0.39 is 5.60 Å². The number of rotatable bonds is 8. The molecule has 1 fully saturated rings. The Morgan fingerprint density at radius 2 is 1.33 bits per heavy atom. The molecular weight excluding hydrogens is 707 g/mol. The molecule has 1 aromatic heterocycles. The summed E-state index contributed by atoms with van der Waals surface area (Å²) in [5.74, 6) is 5.77. The van der Waals surface area contributed by atoms with Gasteiger partial charge in [0.15, 0.2) is 22.9 Å². The summed E-state index contributed by atoms with van der Waals surface area (Å²) in [7, 11) is 6.54. The van der Waals surface area contributed by atoms with Gasteiger partial charge in [0.05, 0.1) is 34.5 Å². The quantitative estimate of drug-likeness (QED) is 0.151. The van der Waals surface area contributed by atoms with Crippen LogP contribution in [-0.2, 0) is 11.0 Å². The second-order valence-corrected chi connectivity index (χ2v) is 15.8. The lowest BCUT2D eigenvalue weighted by Gasteiger charge is -2.39. The van der Waals surface area contributed by atoms with E-state index in [1.165, 1.54) is 27.9 Å². The summed E-state index contributed by atoms with van der Waals surface area (Å²) >= 11 is 2.01. The summed E-state index contributed by atoms with van der Waals surface area (Å²) in [6.45, 7) is 6.70. The molecule has 1 unspecified atom stereocenters. The van der Waals surface area contributed by atoms with Crippen LogP contribution in [0.15, 0.2) is 97.1 Å². The molecule has 1 aliphatic carbocycles. The highest BCUT2D eigenvalue weighted by Gasteiger charge is 2.44. The number of fused-ring (bicyclic) bond motifs is 8. The van der Waals surface area contributed by atoms with Crippen LogP contribution in [0.5, 0.6) is 29.0 Å². The summed E-state index contributed by atoms with van der Waals surface area (Å²) in [4.78, 5) is 11.7. The molecular formula is C46H43N3O5S. The molecule has 9 rings (SSSR count). The number of methoxy groups -OCH3 is 4. The lowest BCUT2D eigenvalue weighted by Crippen LogP contribution is -2.35. The number of benzene rings is 5. The minimum absolute atomic E-state index is 0.279. The molecule has 2 aliphatic heterocycles. The monoisotopic (exact) mass is 749 g/mol. The molecule has 0 saturated carbocycles. The summed E-state index contributed by atoms with van der Waals surface area (Å²) in [6.07, 6.45) is 4.51. The van der Waals surface area contributed by atoms with E-state index in [0.717, 1.165) is 63.4 Å². The van der Waals surface area contributed by atoms with E-state index in [9.17, 15) is 0 Å². The number of anilines is 1. The van der Waals surface area contributed by atoms with Crippen molar-refractivity contribution in [3.05, 3.63) is 125 Å². The van der Waals surface area contributed by atoms with Crippen LogP contribution < -0.4 is 28.6 Å². The molecule has 6 aromatic rings. The summed E-state index contributed by atoms with van der Waals surface area (Å²) in [5.41, 5.74) is 8.82. The van der Waals surface area contributed by atoms with Gasteiger partial charge in [0.25, 0.3) is 0 Å². The van der Waals surface area contributed by atoms with Gasteiger partial charge >= 0.3 is 0 Å². The maximum atomic E-state index is 7.63. The molecule has 1 saturated heterocycles. The Balaban J connectivity index is 1.26. The van der Waals surface area contributed by atoms with Crippen molar-refractivity contribution in [1.29, 1.82) is 0 Å². The number of aromatic nitrogens is 2. The van der Waals surface area contributed by atoms with Gasteiger partial charge in [-0.05, 0) is 58.0 Å². The Hall–Kier alpha value is -5.67. The number of hydrogen-bond donors (Lipinski definition) is 0. The van der Waals surface area contributed by atoms with Gasteiger partial charge in [0, 0.05) is 63.3 Å². The van der Waals surface area contributed by atoms with Crippen LogP contribution in [0.25, 0.3) is 39.4 Å². The van der Waals surface area contributed by atoms with Crippen molar-refractivity contribution >= 4 is 34.3 Å². The minimum atomic E-state index is -0.974. The van der Waals surface area contributed by atoms with Gasteiger partial charge in [-0.15, -0.1) is 0 Å². The first kappa shape index (κ1) is 35.1. The molecule has 278 valence electrons. The van der Waals surface area contributed by atoms with E-state index in [4.69, 9.17) is 23.7 Å². The summed E-state index contributed by atoms with van der Waals surface area (Å²) in [5, 5.41) is 2.02. The maximum absolute atomic E-state index is 7.63. The van der Waals surface area contributed by atoms with Crippen LogP contribution in [-0.4, -0.2) is 63.0 Å². The van der Waals surface area contributed by atoms with Crippen LogP contribution in [0.2, 0.25) is 0 Å². The van der Waals surface area contributed by atoms with Crippen LogP contribution in [0, 0.1) is 0 Å². The van der Waals surface area contributed by atoms with Gasteiger partial charge in [-0.25, -0.2) is 0 Å². The molecule has 0 spiro atoms. The number of hydrogen-bond acceptors (Lipinski definition) is 9. The van der Waals surface area contributed by atoms with Gasteiger partial charge in [-0.3, -0.25) is 0 Å². The lowest BCUT2D eigenvalue weighted by atomic mass is 9.76. The zero-order chi connectivity index (χ0) is 37.9. The van der Waals surface area contributed by atoms with Gasteiger partial charge < -0.3 is 28.6 Å².